The molecule has 0 radical (unpaired) electrons. The molecule has 1 rings (SSSR count). The number of hydrogen-bond acceptors (Lipinski definition) is 4. The standard InChI is InChI=1S/C11H13NO3/c1-8(6-12)15-11-5-10(14-2)4-3-9(11)7-13/h3-5,8,13H,7H2,1-2H3. The Morgan fingerprint density at radius 3 is 2.80 bits per heavy atom. The minimum absolute atomic E-state index is 0.128. The van der Waals surface area contributed by atoms with Crippen LogP contribution in [0.2, 0.25) is 0 Å². The number of ether oxygens (including phenoxy) is 2. The maximum atomic E-state index is 9.06. The highest BCUT2D eigenvalue weighted by atomic mass is 16.5. The summed E-state index contributed by atoms with van der Waals surface area (Å²) >= 11 is 0. The van der Waals surface area contributed by atoms with Gasteiger partial charge in [0, 0.05) is 11.6 Å². The van der Waals surface area contributed by atoms with Crippen molar-refractivity contribution >= 4 is 0 Å². The summed E-state index contributed by atoms with van der Waals surface area (Å²) in [6.45, 7) is 1.51. The van der Waals surface area contributed by atoms with Crippen molar-refractivity contribution in [2.24, 2.45) is 0 Å². The van der Waals surface area contributed by atoms with Gasteiger partial charge < -0.3 is 14.6 Å². The Morgan fingerprint density at radius 2 is 2.27 bits per heavy atom. The van der Waals surface area contributed by atoms with Crippen molar-refractivity contribution < 1.29 is 14.6 Å². The first-order chi connectivity index (χ1) is 7.21. The molecular weight excluding hydrogens is 194 g/mol. The molecule has 1 aromatic carbocycles. The molecular formula is C11H13NO3. The second-order valence-electron chi connectivity index (χ2n) is 3.02. The van der Waals surface area contributed by atoms with Crippen LogP contribution in [0.3, 0.4) is 0 Å². The second-order valence-corrected chi connectivity index (χ2v) is 3.02. The molecule has 0 spiro atoms. The summed E-state index contributed by atoms with van der Waals surface area (Å²) in [5.74, 6) is 1.11. The number of nitrogens with zero attached hydrogens (tertiary/aromatic N) is 1. The third-order valence-electron chi connectivity index (χ3n) is 1.93. The van der Waals surface area contributed by atoms with Crippen molar-refractivity contribution in [3.63, 3.8) is 0 Å². The van der Waals surface area contributed by atoms with Crippen LogP contribution < -0.4 is 9.47 Å². The zero-order valence-corrected chi connectivity index (χ0v) is 8.73. The Bertz CT molecular complexity index is 371. The van der Waals surface area contributed by atoms with Gasteiger partial charge in [0.1, 0.15) is 17.6 Å². The van der Waals surface area contributed by atoms with Gasteiger partial charge in [0.25, 0.3) is 0 Å². The minimum atomic E-state index is -0.553. The van der Waals surface area contributed by atoms with Crippen LogP contribution in [0.4, 0.5) is 0 Å². The van der Waals surface area contributed by atoms with Gasteiger partial charge in [0.05, 0.1) is 13.7 Å². The predicted molar refractivity (Wildman–Crippen MR) is 54.6 cm³/mol. The molecule has 0 aliphatic rings. The first-order valence-corrected chi connectivity index (χ1v) is 4.55. The maximum Gasteiger partial charge on any atom is 0.181 e. The van der Waals surface area contributed by atoms with E-state index in [0.29, 0.717) is 17.1 Å². The fourth-order valence-electron chi connectivity index (χ4n) is 1.12. The summed E-state index contributed by atoms with van der Waals surface area (Å²) in [7, 11) is 1.55. The monoisotopic (exact) mass is 207 g/mol. The van der Waals surface area contributed by atoms with E-state index in [0.717, 1.165) is 0 Å². The Hall–Kier alpha value is -1.73. The van der Waals surface area contributed by atoms with E-state index in [-0.39, 0.29) is 6.61 Å². The van der Waals surface area contributed by atoms with E-state index >= 15 is 0 Å². The lowest BCUT2D eigenvalue weighted by molar-refractivity contribution is 0.246. The number of hydrogen-bond donors (Lipinski definition) is 1. The third-order valence-corrected chi connectivity index (χ3v) is 1.93. The Kier molecular flexibility index (Phi) is 3.95. The molecule has 15 heavy (non-hydrogen) atoms. The molecule has 0 saturated heterocycles. The van der Waals surface area contributed by atoms with Gasteiger partial charge in [-0.1, -0.05) is 0 Å². The van der Waals surface area contributed by atoms with Crippen LogP contribution in [-0.4, -0.2) is 18.3 Å². The number of aliphatic hydroxyl groups is 1. The molecule has 0 fully saturated rings. The molecule has 1 unspecified atom stereocenters. The number of rotatable bonds is 4. The highest BCUT2D eigenvalue weighted by Gasteiger charge is 2.08. The average molecular weight is 207 g/mol. The fraction of sp³-hybridized carbons (Fsp3) is 0.364. The van der Waals surface area contributed by atoms with E-state index in [1.54, 1.807) is 32.2 Å². The van der Waals surface area contributed by atoms with Crippen LogP contribution in [0.25, 0.3) is 0 Å². The zero-order chi connectivity index (χ0) is 11.3. The lowest BCUT2D eigenvalue weighted by Gasteiger charge is -2.12. The summed E-state index contributed by atoms with van der Waals surface area (Å²) in [6.07, 6.45) is -0.553. The van der Waals surface area contributed by atoms with Gasteiger partial charge in [-0.25, -0.2) is 0 Å². The molecule has 0 bridgehead atoms. The van der Waals surface area contributed by atoms with Crippen molar-refractivity contribution in [1.82, 2.24) is 0 Å². The van der Waals surface area contributed by atoms with E-state index < -0.39 is 6.10 Å². The molecule has 0 heterocycles. The Labute approximate surface area is 88.7 Å². The van der Waals surface area contributed by atoms with Gasteiger partial charge in [0.2, 0.25) is 0 Å². The van der Waals surface area contributed by atoms with Crippen LogP contribution in [0, 0.1) is 11.3 Å². The first-order valence-electron chi connectivity index (χ1n) is 4.55. The van der Waals surface area contributed by atoms with Crippen molar-refractivity contribution in [2.75, 3.05) is 7.11 Å². The van der Waals surface area contributed by atoms with E-state index in [4.69, 9.17) is 19.8 Å². The first kappa shape index (κ1) is 11.3. The molecule has 1 aromatic rings. The normalized spacial score (nSPS) is 11.6. The van der Waals surface area contributed by atoms with Crippen LogP contribution in [0.15, 0.2) is 18.2 Å². The van der Waals surface area contributed by atoms with Crippen LogP contribution in [0.1, 0.15) is 12.5 Å². The SMILES string of the molecule is COc1ccc(CO)c(OC(C)C#N)c1. The highest BCUT2D eigenvalue weighted by molar-refractivity contribution is 5.40. The smallest absolute Gasteiger partial charge is 0.181 e. The molecule has 1 atom stereocenters. The van der Waals surface area contributed by atoms with Crippen molar-refractivity contribution in [1.29, 1.82) is 5.26 Å². The molecule has 0 amide bonds. The highest BCUT2D eigenvalue weighted by Crippen LogP contribution is 2.25. The van der Waals surface area contributed by atoms with Crippen molar-refractivity contribution in [2.45, 2.75) is 19.6 Å². The topological polar surface area (TPSA) is 62.5 Å². The maximum absolute atomic E-state index is 9.06. The number of methoxy groups -OCH3 is 1. The summed E-state index contributed by atoms with van der Waals surface area (Å²) in [5.41, 5.74) is 0.637. The van der Waals surface area contributed by atoms with Crippen LogP contribution in [-0.2, 0) is 6.61 Å². The largest absolute Gasteiger partial charge is 0.497 e. The van der Waals surface area contributed by atoms with Crippen molar-refractivity contribution in [3.8, 4) is 17.6 Å². The summed E-state index contributed by atoms with van der Waals surface area (Å²) < 4.78 is 10.4. The second kappa shape index (κ2) is 5.23. The lowest BCUT2D eigenvalue weighted by atomic mass is 10.2. The molecule has 0 saturated carbocycles. The Balaban J connectivity index is 2.97. The molecule has 0 aliphatic carbocycles. The Morgan fingerprint density at radius 1 is 1.53 bits per heavy atom. The quantitative estimate of drug-likeness (QED) is 0.812. The lowest BCUT2D eigenvalue weighted by Crippen LogP contribution is -2.09. The van der Waals surface area contributed by atoms with Gasteiger partial charge in [-0.2, -0.15) is 5.26 Å². The summed E-state index contributed by atoms with van der Waals surface area (Å²) in [6, 6.07) is 7.05. The molecule has 80 valence electrons. The average Bonchev–Trinajstić information content (AvgIpc) is 2.28. The van der Waals surface area contributed by atoms with Gasteiger partial charge in [-0.15, -0.1) is 0 Å². The van der Waals surface area contributed by atoms with Crippen molar-refractivity contribution in [3.05, 3.63) is 23.8 Å². The molecule has 1 N–H and O–H groups in total. The zero-order valence-electron chi connectivity index (χ0n) is 8.73. The van der Waals surface area contributed by atoms with Gasteiger partial charge in [-0.05, 0) is 19.1 Å². The molecule has 0 aromatic heterocycles. The summed E-state index contributed by atoms with van der Waals surface area (Å²) in [5, 5.41) is 17.7. The number of benzene rings is 1. The van der Waals surface area contributed by atoms with E-state index in [1.165, 1.54) is 0 Å². The number of nitriles is 1. The predicted octanol–water partition coefficient (Wildman–Crippen LogP) is 1.48. The number of aliphatic hydroxyl groups excluding tert-OH is 1. The van der Waals surface area contributed by atoms with Crippen LogP contribution >= 0.6 is 0 Å². The van der Waals surface area contributed by atoms with Crippen LogP contribution in [0.5, 0.6) is 11.5 Å². The van der Waals surface area contributed by atoms with E-state index in [9.17, 15) is 0 Å². The van der Waals surface area contributed by atoms with E-state index in [2.05, 4.69) is 0 Å². The fourth-order valence-corrected chi connectivity index (χ4v) is 1.12. The third kappa shape index (κ3) is 2.86. The van der Waals surface area contributed by atoms with Gasteiger partial charge in [-0.3, -0.25) is 0 Å². The summed E-state index contributed by atoms with van der Waals surface area (Å²) in [4.78, 5) is 0. The van der Waals surface area contributed by atoms with Gasteiger partial charge in [0.15, 0.2) is 6.10 Å². The molecule has 4 nitrogen and oxygen atoms in total. The molecule has 0 aliphatic heterocycles. The van der Waals surface area contributed by atoms with E-state index in [1.807, 2.05) is 6.07 Å². The van der Waals surface area contributed by atoms with Gasteiger partial charge >= 0.3 is 0 Å². The minimum Gasteiger partial charge on any atom is -0.497 e. The molecule has 4 heteroatoms.